The minimum absolute atomic E-state index is 0.0152. The molecule has 2 heterocycles. The van der Waals surface area contributed by atoms with Crippen LogP contribution in [0.4, 0.5) is 10.5 Å². The van der Waals surface area contributed by atoms with Gasteiger partial charge < -0.3 is 20.0 Å². The highest BCUT2D eigenvalue weighted by Crippen LogP contribution is 2.21. The first-order valence-electron chi connectivity index (χ1n) is 12.0. The van der Waals surface area contributed by atoms with Crippen molar-refractivity contribution in [1.29, 1.82) is 0 Å². The predicted octanol–water partition coefficient (Wildman–Crippen LogP) is 4.27. The second-order valence-electron chi connectivity index (χ2n) is 9.61. The quantitative estimate of drug-likeness (QED) is 0.736. The normalized spacial score (nSPS) is 18.8. The average Bonchev–Trinajstić information content (AvgIpc) is 2.72. The number of aryl methyl sites for hydroxylation is 2. The molecule has 3 rings (SSSR count). The van der Waals surface area contributed by atoms with Crippen LogP contribution in [0.3, 0.4) is 0 Å². The van der Waals surface area contributed by atoms with E-state index in [1.807, 2.05) is 21.9 Å². The van der Waals surface area contributed by atoms with E-state index in [9.17, 15) is 9.59 Å². The van der Waals surface area contributed by atoms with Crippen molar-refractivity contribution in [3.05, 3.63) is 29.3 Å². The fourth-order valence-electron chi connectivity index (χ4n) is 4.93. The Morgan fingerprint density at radius 3 is 2.19 bits per heavy atom. The maximum Gasteiger partial charge on any atom is 0.322 e. The minimum atomic E-state index is -0.0152. The molecule has 0 atom stereocenters. The monoisotopic (exact) mass is 428 g/mol. The van der Waals surface area contributed by atoms with E-state index in [1.54, 1.807) is 6.92 Å². The van der Waals surface area contributed by atoms with Gasteiger partial charge in [0.1, 0.15) is 0 Å². The Bertz CT molecular complexity index is 730. The summed E-state index contributed by atoms with van der Waals surface area (Å²) in [6, 6.07) is 6.33. The van der Waals surface area contributed by atoms with Crippen LogP contribution >= 0.6 is 0 Å². The first kappa shape index (κ1) is 23.6. The van der Waals surface area contributed by atoms with Gasteiger partial charge in [-0.3, -0.25) is 4.79 Å². The van der Waals surface area contributed by atoms with Gasteiger partial charge in [-0.15, -0.1) is 0 Å². The summed E-state index contributed by atoms with van der Waals surface area (Å²) < 4.78 is 0. The van der Waals surface area contributed by atoms with Crippen LogP contribution in [0.2, 0.25) is 0 Å². The molecule has 2 fully saturated rings. The van der Waals surface area contributed by atoms with Crippen LogP contribution in [0.15, 0.2) is 18.2 Å². The molecular weight excluding hydrogens is 388 g/mol. The highest BCUT2D eigenvalue weighted by atomic mass is 16.2. The lowest BCUT2D eigenvalue weighted by atomic mass is 9.99. The molecule has 1 N–H and O–H groups in total. The van der Waals surface area contributed by atoms with Gasteiger partial charge in [-0.25, -0.2) is 4.79 Å². The van der Waals surface area contributed by atoms with Crippen molar-refractivity contribution in [2.24, 2.45) is 5.92 Å². The van der Waals surface area contributed by atoms with E-state index >= 15 is 0 Å². The molecule has 0 radical (unpaired) electrons. The first-order chi connectivity index (χ1) is 14.8. The molecule has 6 heteroatoms. The highest BCUT2D eigenvalue weighted by Gasteiger charge is 2.29. The molecule has 1 aromatic rings. The summed E-state index contributed by atoms with van der Waals surface area (Å²) in [6.45, 7) is 13.7. The van der Waals surface area contributed by atoms with Gasteiger partial charge in [-0.1, -0.05) is 13.0 Å². The zero-order valence-corrected chi connectivity index (χ0v) is 19.8. The average molecular weight is 429 g/mol. The number of hydrogen-bond acceptors (Lipinski definition) is 3. The van der Waals surface area contributed by atoms with Gasteiger partial charge >= 0.3 is 6.03 Å². The van der Waals surface area contributed by atoms with Crippen molar-refractivity contribution in [3.8, 4) is 0 Å². The number of nitrogens with one attached hydrogen (secondary N) is 1. The number of piperidine rings is 2. The molecule has 0 saturated carbocycles. The van der Waals surface area contributed by atoms with E-state index in [0.717, 1.165) is 68.2 Å². The Balaban J connectivity index is 1.61. The molecule has 0 spiro atoms. The van der Waals surface area contributed by atoms with Crippen molar-refractivity contribution >= 4 is 17.6 Å². The molecule has 0 unspecified atom stereocenters. The van der Waals surface area contributed by atoms with E-state index in [4.69, 9.17) is 0 Å². The zero-order valence-electron chi connectivity index (χ0n) is 19.8. The number of carbonyl (C=O) groups is 2. The van der Waals surface area contributed by atoms with Crippen LogP contribution in [-0.4, -0.2) is 71.9 Å². The molecule has 3 amide bonds. The number of carbonyl (C=O) groups excluding carboxylic acids is 2. The van der Waals surface area contributed by atoms with Crippen LogP contribution in [0.5, 0.6) is 0 Å². The second-order valence-corrected chi connectivity index (χ2v) is 9.61. The molecule has 2 aliphatic rings. The van der Waals surface area contributed by atoms with Gasteiger partial charge in [0.25, 0.3) is 0 Å². The lowest BCUT2D eigenvalue weighted by Crippen LogP contribution is -2.50. The van der Waals surface area contributed by atoms with Crippen molar-refractivity contribution in [1.82, 2.24) is 14.7 Å². The summed E-state index contributed by atoms with van der Waals surface area (Å²) in [5, 5.41) is 3.14. The summed E-state index contributed by atoms with van der Waals surface area (Å²) in [7, 11) is 0. The maximum absolute atomic E-state index is 13.3. The number of likely N-dealkylation sites (tertiary alicyclic amines) is 2. The number of anilines is 1. The maximum atomic E-state index is 13.3. The molecule has 31 heavy (non-hydrogen) atoms. The summed E-state index contributed by atoms with van der Waals surface area (Å²) >= 11 is 0. The summed E-state index contributed by atoms with van der Waals surface area (Å²) in [5.74, 6) is 0.965. The highest BCUT2D eigenvalue weighted by molar-refractivity contribution is 5.89. The Morgan fingerprint density at radius 1 is 1.00 bits per heavy atom. The van der Waals surface area contributed by atoms with Crippen LogP contribution < -0.4 is 5.32 Å². The summed E-state index contributed by atoms with van der Waals surface area (Å²) in [4.78, 5) is 31.5. The van der Waals surface area contributed by atoms with E-state index in [2.05, 4.69) is 37.1 Å². The number of urea groups is 1. The largest absolute Gasteiger partial charge is 0.343 e. The Labute approximate surface area is 188 Å². The molecule has 0 aromatic heterocycles. The fourth-order valence-corrected chi connectivity index (χ4v) is 4.93. The molecule has 0 aliphatic carbocycles. The molecular formula is C25H40N4O2. The lowest BCUT2D eigenvalue weighted by molar-refractivity contribution is -0.130. The molecule has 1 aromatic carbocycles. The summed E-state index contributed by atoms with van der Waals surface area (Å²) in [6.07, 6.45) is 5.24. The Morgan fingerprint density at radius 2 is 1.61 bits per heavy atom. The predicted molar refractivity (Wildman–Crippen MR) is 126 cm³/mol. The molecule has 0 bridgehead atoms. The van der Waals surface area contributed by atoms with E-state index < -0.39 is 0 Å². The zero-order chi connectivity index (χ0) is 22.4. The second kappa shape index (κ2) is 11.0. The van der Waals surface area contributed by atoms with Crippen LogP contribution in [-0.2, 0) is 4.79 Å². The van der Waals surface area contributed by atoms with Crippen LogP contribution in [0, 0.1) is 19.8 Å². The van der Waals surface area contributed by atoms with Crippen molar-refractivity contribution in [2.75, 3.05) is 44.6 Å². The Hall–Kier alpha value is -2.08. The van der Waals surface area contributed by atoms with Gasteiger partial charge in [0.2, 0.25) is 5.91 Å². The number of hydrogen-bond donors (Lipinski definition) is 1. The fraction of sp³-hybridized carbons (Fsp3) is 0.680. The van der Waals surface area contributed by atoms with Gasteiger partial charge in [0, 0.05) is 38.3 Å². The minimum Gasteiger partial charge on any atom is -0.343 e. The lowest BCUT2D eigenvalue weighted by Gasteiger charge is -2.39. The molecule has 6 nitrogen and oxygen atoms in total. The standard InChI is InChI=1S/C25H40N4O2/c1-19-6-12-27(13-7-19)10-5-11-29(24-8-14-28(15-9-24)22(4)30)25(31)26-23-17-20(2)16-21(3)18-23/h16-19,24H,5-15H2,1-4H3,(H,26,31). The summed E-state index contributed by atoms with van der Waals surface area (Å²) in [5.41, 5.74) is 3.16. The van der Waals surface area contributed by atoms with Gasteiger partial charge in [0.05, 0.1) is 0 Å². The Kier molecular flexibility index (Phi) is 8.35. The third kappa shape index (κ3) is 6.96. The van der Waals surface area contributed by atoms with Crippen LogP contribution in [0.1, 0.15) is 57.1 Å². The number of rotatable bonds is 6. The molecule has 172 valence electrons. The third-order valence-electron chi connectivity index (χ3n) is 6.83. The smallest absolute Gasteiger partial charge is 0.322 e. The van der Waals surface area contributed by atoms with Gasteiger partial charge in [-0.05, 0) is 94.8 Å². The van der Waals surface area contributed by atoms with E-state index in [0.29, 0.717) is 0 Å². The number of nitrogens with zero attached hydrogens (tertiary/aromatic N) is 3. The van der Waals surface area contributed by atoms with Gasteiger partial charge in [0.15, 0.2) is 0 Å². The van der Waals surface area contributed by atoms with E-state index in [1.165, 1.54) is 25.9 Å². The molecule has 2 aliphatic heterocycles. The number of benzene rings is 1. The van der Waals surface area contributed by atoms with Crippen LogP contribution in [0.25, 0.3) is 0 Å². The van der Waals surface area contributed by atoms with Crippen molar-refractivity contribution in [3.63, 3.8) is 0 Å². The van der Waals surface area contributed by atoms with Gasteiger partial charge in [-0.2, -0.15) is 0 Å². The third-order valence-corrected chi connectivity index (χ3v) is 6.83. The SMILES string of the molecule is CC(=O)N1CCC(N(CCCN2CCC(C)CC2)C(=O)Nc2cc(C)cc(C)c2)CC1. The van der Waals surface area contributed by atoms with Crippen molar-refractivity contribution in [2.45, 2.75) is 65.8 Å². The van der Waals surface area contributed by atoms with Crippen molar-refractivity contribution < 1.29 is 9.59 Å². The topological polar surface area (TPSA) is 55.9 Å². The molecule has 2 saturated heterocycles. The van der Waals surface area contributed by atoms with E-state index in [-0.39, 0.29) is 18.0 Å². The number of amides is 3. The first-order valence-corrected chi connectivity index (χ1v) is 12.0.